The van der Waals surface area contributed by atoms with Crippen molar-refractivity contribution >= 4 is 11.9 Å². The Morgan fingerprint density at radius 1 is 1.24 bits per heavy atom. The predicted molar refractivity (Wildman–Crippen MR) is 89.6 cm³/mol. The number of carbonyl (C=O) groups excluding carboxylic acids is 1. The van der Waals surface area contributed by atoms with E-state index in [0.717, 1.165) is 12.8 Å². The van der Waals surface area contributed by atoms with Crippen LogP contribution in [-0.2, 0) is 4.79 Å². The summed E-state index contributed by atoms with van der Waals surface area (Å²) in [6, 6.07) is 9.41. The first-order valence-electron chi connectivity index (χ1n) is 8.40. The first-order chi connectivity index (χ1) is 12.0. The second kappa shape index (κ2) is 7.51. The van der Waals surface area contributed by atoms with Gasteiger partial charge in [-0.1, -0.05) is 12.1 Å². The molecule has 1 amide bonds. The number of nitrogens with zero attached hydrogens (tertiary/aromatic N) is 1. The van der Waals surface area contributed by atoms with Crippen molar-refractivity contribution in [1.29, 1.82) is 0 Å². The molecule has 0 bridgehead atoms. The number of likely N-dealkylation sites (tertiary alicyclic amines) is 1. The van der Waals surface area contributed by atoms with Crippen molar-refractivity contribution in [3.05, 3.63) is 48.0 Å². The molecule has 1 aromatic carbocycles. The van der Waals surface area contributed by atoms with Crippen LogP contribution in [0.3, 0.4) is 0 Å². The molecule has 0 unspecified atom stereocenters. The Morgan fingerprint density at radius 3 is 2.80 bits per heavy atom. The third-order valence-electron chi connectivity index (χ3n) is 4.53. The molecule has 132 valence electrons. The van der Waals surface area contributed by atoms with E-state index in [2.05, 4.69) is 0 Å². The summed E-state index contributed by atoms with van der Waals surface area (Å²) in [4.78, 5) is 25.0. The van der Waals surface area contributed by atoms with Crippen LogP contribution in [0.2, 0.25) is 0 Å². The SMILES string of the molecule is O=C(O)CC[C@H]1CCCN(C(=O)c2ccc(-c3ccccc3F)o2)C1. The van der Waals surface area contributed by atoms with E-state index in [1.807, 2.05) is 0 Å². The quantitative estimate of drug-likeness (QED) is 0.895. The third-order valence-corrected chi connectivity index (χ3v) is 4.53. The minimum absolute atomic E-state index is 0.116. The molecular weight excluding hydrogens is 325 g/mol. The van der Waals surface area contributed by atoms with Gasteiger partial charge in [0.1, 0.15) is 11.6 Å². The van der Waals surface area contributed by atoms with E-state index in [1.165, 1.54) is 6.07 Å². The minimum atomic E-state index is -0.816. The third kappa shape index (κ3) is 4.07. The number of carbonyl (C=O) groups is 2. The number of piperidine rings is 1. The maximum atomic E-state index is 13.8. The molecule has 1 aliphatic rings. The maximum Gasteiger partial charge on any atom is 0.303 e. The number of hydrogen-bond acceptors (Lipinski definition) is 3. The second-order valence-corrected chi connectivity index (χ2v) is 6.34. The molecule has 1 aliphatic heterocycles. The fourth-order valence-electron chi connectivity index (χ4n) is 3.23. The lowest BCUT2D eigenvalue weighted by Crippen LogP contribution is -2.39. The highest BCUT2D eigenvalue weighted by Gasteiger charge is 2.26. The number of aliphatic carboxylic acids is 1. The first kappa shape index (κ1) is 17.2. The summed E-state index contributed by atoms with van der Waals surface area (Å²) < 4.78 is 19.4. The Hall–Kier alpha value is -2.63. The zero-order valence-electron chi connectivity index (χ0n) is 13.8. The zero-order valence-corrected chi connectivity index (χ0v) is 13.8. The van der Waals surface area contributed by atoms with Crippen molar-refractivity contribution < 1.29 is 23.5 Å². The van der Waals surface area contributed by atoms with Gasteiger partial charge in [-0.3, -0.25) is 9.59 Å². The summed E-state index contributed by atoms with van der Waals surface area (Å²) in [5.41, 5.74) is 0.319. The predicted octanol–water partition coefficient (Wildman–Crippen LogP) is 3.80. The number of benzene rings is 1. The highest BCUT2D eigenvalue weighted by Crippen LogP contribution is 2.27. The largest absolute Gasteiger partial charge is 0.481 e. The molecule has 1 saturated heterocycles. The van der Waals surface area contributed by atoms with Gasteiger partial charge in [-0.2, -0.15) is 0 Å². The average molecular weight is 345 g/mol. The van der Waals surface area contributed by atoms with Crippen molar-refractivity contribution in [3.8, 4) is 11.3 Å². The van der Waals surface area contributed by atoms with Crippen molar-refractivity contribution in [2.75, 3.05) is 13.1 Å². The van der Waals surface area contributed by atoms with Crippen LogP contribution >= 0.6 is 0 Å². The van der Waals surface area contributed by atoms with Crippen LogP contribution in [-0.4, -0.2) is 35.0 Å². The van der Waals surface area contributed by atoms with Crippen LogP contribution < -0.4 is 0 Å². The Labute approximate surface area is 145 Å². The standard InChI is InChI=1S/C19H20FNO4/c20-15-6-2-1-5-14(15)16-8-9-17(25-16)19(24)21-11-3-4-13(12-21)7-10-18(22)23/h1-2,5-6,8-9,13H,3-4,7,10-12H2,(H,22,23)/t13-/m1/s1. The normalized spacial score (nSPS) is 17.5. The average Bonchev–Trinajstić information content (AvgIpc) is 3.10. The maximum absolute atomic E-state index is 13.8. The zero-order chi connectivity index (χ0) is 17.8. The molecule has 5 nitrogen and oxygen atoms in total. The summed E-state index contributed by atoms with van der Waals surface area (Å²) >= 11 is 0. The molecule has 2 heterocycles. The highest BCUT2D eigenvalue weighted by atomic mass is 19.1. The highest BCUT2D eigenvalue weighted by molar-refractivity contribution is 5.92. The molecule has 1 aromatic heterocycles. The fraction of sp³-hybridized carbons (Fsp3) is 0.368. The Bertz CT molecular complexity index is 770. The summed E-state index contributed by atoms with van der Waals surface area (Å²) in [6.45, 7) is 1.15. The lowest BCUT2D eigenvalue weighted by molar-refractivity contribution is -0.137. The molecule has 25 heavy (non-hydrogen) atoms. The number of hydrogen-bond donors (Lipinski definition) is 1. The molecule has 0 spiro atoms. The summed E-state index contributed by atoms with van der Waals surface area (Å²) in [6.07, 6.45) is 2.45. The topological polar surface area (TPSA) is 70.8 Å². The van der Waals surface area contributed by atoms with E-state index in [-0.39, 0.29) is 24.0 Å². The molecule has 0 saturated carbocycles. The second-order valence-electron chi connectivity index (χ2n) is 6.34. The summed E-state index contributed by atoms with van der Waals surface area (Å²) in [5.74, 6) is -0.762. The van der Waals surface area contributed by atoms with Crippen LogP contribution in [0.4, 0.5) is 4.39 Å². The van der Waals surface area contributed by atoms with Crippen molar-refractivity contribution in [3.63, 3.8) is 0 Å². The number of amides is 1. The van der Waals surface area contributed by atoms with Gasteiger partial charge in [0.25, 0.3) is 5.91 Å². The molecule has 1 N–H and O–H groups in total. The van der Waals surface area contributed by atoms with Crippen LogP contribution in [0.5, 0.6) is 0 Å². The van der Waals surface area contributed by atoms with E-state index in [1.54, 1.807) is 35.2 Å². The molecule has 0 radical (unpaired) electrons. The van der Waals surface area contributed by atoms with Gasteiger partial charge < -0.3 is 14.4 Å². The molecule has 0 aliphatic carbocycles. The van der Waals surface area contributed by atoms with Gasteiger partial charge in [0.2, 0.25) is 0 Å². The van der Waals surface area contributed by atoms with Crippen molar-refractivity contribution in [2.45, 2.75) is 25.7 Å². The van der Waals surface area contributed by atoms with Gasteiger partial charge in [-0.05, 0) is 49.4 Å². The molecule has 2 aromatic rings. The van der Waals surface area contributed by atoms with Crippen molar-refractivity contribution in [2.24, 2.45) is 5.92 Å². The van der Waals surface area contributed by atoms with E-state index < -0.39 is 11.8 Å². The van der Waals surface area contributed by atoms with Gasteiger partial charge in [0.15, 0.2) is 5.76 Å². The Kier molecular flexibility index (Phi) is 5.16. The Balaban J connectivity index is 1.69. The van der Waals surface area contributed by atoms with Crippen LogP contribution in [0, 0.1) is 11.7 Å². The van der Waals surface area contributed by atoms with E-state index >= 15 is 0 Å². The smallest absolute Gasteiger partial charge is 0.303 e. The molecular formula is C19H20FNO4. The van der Waals surface area contributed by atoms with Gasteiger partial charge in [0.05, 0.1) is 5.56 Å². The van der Waals surface area contributed by atoms with Gasteiger partial charge >= 0.3 is 5.97 Å². The van der Waals surface area contributed by atoms with Crippen LogP contribution in [0.25, 0.3) is 11.3 Å². The lowest BCUT2D eigenvalue weighted by Gasteiger charge is -2.32. The monoisotopic (exact) mass is 345 g/mol. The molecule has 6 heteroatoms. The lowest BCUT2D eigenvalue weighted by atomic mass is 9.93. The van der Waals surface area contributed by atoms with Crippen LogP contribution in [0.15, 0.2) is 40.8 Å². The van der Waals surface area contributed by atoms with Gasteiger partial charge in [0, 0.05) is 19.5 Å². The van der Waals surface area contributed by atoms with Gasteiger partial charge in [-0.15, -0.1) is 0 Å². The first-order valence-corrected chi connectivity index (χ1v) is 8.40. The van der Waals surface area contributed by atoms with Gasteiger partial charge in [-0.25, -0.2) is 4.39 Å². The number of carboxylic acids is 1. The minimum Gasteiger partial charge on any atom is -0.481 e. The summed E-state index contributed by atoms with van der Waals surface area (Å²) in [5, 5.41) is 8.80. The fourth-order valence-corrected chi connectivity index (χ4v) is 3.23. The van der Waals surface area contributed by atoms with E-state index in [9.17, 15) is 14.0 Å². The van der Waals surface area contributed by atoms with Crippen LogP contribution in [0.1, 0.15) is 36.2 Å². The number of furan rings is 1. The molecule has 1 fully saturated rings. The van der Waals surface area contributed by atoms with E-state index in [4.69, 9.17) is 9.52 Å². The molecule has 1 atom stereocenters. The number of halogens is 1. The van der Waals surface area contributed by atoms with E-state index in [0.29, 0.717) is 30.8 Å². The molecule has 3 rings (SSSR count). The van der Waals surface area contributed by atoms with Crippen molar-refractivity contribution in [1.82, 2.24) is 4.90 Å². The number of rotatable bonds is 5. The summed E-state index contributed by atoms with van der Waals surface area (Å²) in [7, 11) is 0. The Morgan fingerprint density at radius 2 is 2.04 bits per heavy atom. The number of carboxylic acid groups (broad SMARTS) is 1.